The summed E-state index contributed by atoms with van der Waals surface area (Å²) in [5, 5.41) is 15.0. The lowest BCUT2D eigenvalue weighted by Crippen LogP contribution is -2.45. The van der Waals surface area contributed by atoms with Gasteiger partial charge in [0.15, 0.2) is 11.8 Å². The van der Waals surface area contributed by atoms with Crippen molar-refractivity contribution in [3.05, 3.63) is 12.2 Å². The molecule has 0 amide bonds. The highest BCUT2D eigenvalue weighted by Gasteiger charge is 2.30. The number of rotatable bonds is 5. The minimum absolute atomic E-state index is 0. The number of guanidine groups is 1. The number of aryl methyl sites for hydroxylation is 1. The summed E-state index contributed by atoms with van der Waals surface area (Å²) < 4.78 is 2.04. The molecular formula is C16H30IN7. The predicted octanol–water partition coefficient (Wildman–Crippen LogP) is 1.60. The van der Waals surface area contributed by atoms with Gasteiger partial charge < -0.3 is 15.2 Å². The molecule has 1 saturated heterocycles. The smallest absolute Gasteiger partial charge is 0.191 e. The SMILES string of the molecule is CCn1cnnc1CNC(=NC)NC1CCN(C2CCCC2)C1.I. The summed E-state index contributed by atoms with van der Waals surface area (Å²) in [7, 11) is 1.82. The van der Waals surface area contributed by atoms with Gasteiger partial charge >= 0.3 is 0 Å². The molecule has 1 atom stereocenters. The Kier molecular flexibility index (Phi) is 7.73. The van der Waals surface area contributed by atoms with Crippen LogP contribution in [0, 0.1) is 0 Å². The Morgan fingerprint density at radius 1 is 1.33 bits per heavy atom. The Labute approximate surface area is 161 Å². The Morgan fingerprint density at radius 2 is 2.12 bits per heavy atom. The summed E-state index contributed by atoms with van der Waals surface area (Å²) >= 11 is 0. The zero-order valence-corrected chi connectivity index (χ0v) is 17.1. The normalized spacial score (nSPS) is 22.6. The summed E-state index contributed by atoms with van der Waals surface area (Å²) in [5.74, 6) is 1.79. The molecular weight excluding hydrogens is 417 g/mol. The number of hydrogen-bond acceptors (Lipinski definition) is 4. The molecule has 2 N–H and O–H groups in total. The van der Waals surface area contributed by atoms with E-state index < -0.39 is 0 Å². The van der Waals surface area contributed by atoms with Crippen molar-refractivity contribution in [1.29, 1.82) is 0 Å². The number of nitrogens with one attached hydrogen (secondary N) is 2. The molecule has 3 rings (SSSR count). The third kappa shape index (κ3) is 4.81. The molecule has 2 heterocycles. The van der Waals surface area contributed by atoms with Crippen LogP contribution >= 0.6 is 24.0 Å². The third-order valence-corrected chi connectivity index (χ3v) is 5.08. The lowest BCUT2D eigenvalue weighted by atomic mass is 10.2. The number of aliphatic imine (C=N–C) groups is 1. The predicted molar refractivity (Wildman–Crippen MR) is 107 cm³/mol. The second kappa shape index (κ2) is 9.55. The van der Waals surface area contributed by atoms with Gasteiger partial charge in [0, 0.05) is 38.8 Å². The molecule has 2 fully saturated rings. The molecule has 1 aromatic rings. The number of hydrogen-bond donors (Lipinski definition) is 2. The van der Waals surface area contributed by atoms with Gasteiger partial charge in [-0.2, -0.15) is 0 Å². The standard InChI is InChI=1S/C16H29N7.HI/c1-3-22-12-19-21-15(22)10-18-16(17-2)20-13-8-9-23(11-13)14-6-4-5-7-14;/h12-14H,3-11H2,1-2H3,(H2,17,18,20);1H. The molecule has 2 aliphatic rings. The quantitative estimate of drug-likeness (QED) is 0.408. The number of aromatic nitrogens is 3. The highest BCUT2D eigenvalue weighted by atomic mass is 127. The van der Waals surface area contributed by atoms with Crippen molar-refractivity contribution in [3.8, 4) is 0 Å². The monoisotopic (exact) mass is 447 g/mol. The molecule has 0 radical (unpaired) electrons. The lowest BCUT2D eigenvalue weighted by molar-refractivity contribution is 0.242. The Bertz CT molecular complexity index is 524. The van der Waals surface area contributed by atoms with E-state index in [0.717, 1.165) is 30.9 Å². The van der Waals surface area contributed by atoms with Gasteiger partial charge in [-0.1, -0.05) is 12.8 Å². The number of likely N-dealkylation sites (tertiary alicyclic amines) is 1. The van der Waals surface area contributed by atoms with E-state index in [2.05, 4.69) is 37.6 Å². The van der Waals surface area contributed by atoms with Crippen molar-refractivity contribution in [2.24, 2.45) is 4.99 Å². The zero-order chi connectivity index (χ0) is 16.1. The van der Waals surface area contributed by atoms with Crippen LogP contribution in [-0.4, -0.2) is 57.8 Å². The van der Waals surface area contributed by atoms with Gasteiger partial charge in [-0.05, 0) is 26.2 Å². The fourth-order valence-electron chi connectivity index (χ4n) is 3.74. The van der Waals surface area contributed by atoms with Crippen LogP contribution in [0.5, 0.6) is 0 Å². The Balaban J connectivity index is 0.00000208. The van der Waals surface area contributed by atoms with E-state index in [1.807, 2.05) is 11.6 Å². The van der Waals surface area contributed by atoms with Crippen LogP contribution in [0.4, 0.5) is 0 Å². The van der Waals surface area contributed by atoms with Crippen LogP contribution in [0.3, 0.4) is 0 Å². The van der Waals surface area contributed by atoms with Gasteiger partial charge in [0.1, 0.15) is 6.33 Å². The minimum Gasteiger partial charge on any atom is -0.352 e. The largest absolute Gasteiger partial charge is 0.352 e. The number of halogens is 1. The second-order valence-corrected chi connectivity index (χ2v) is 6.52. The third-order valence-electron chi connectivity index (χ3n) is 5.08. The molecule has 1 saturated carbocycles. The molecule has 24 heavy (non-hydrogen) atoms. The maximum absolute atomic E-state index is 4.35. The second-order valence-electron chi connectivity index (χ2n) is 6.52. The number of nitrogens with zero attached hydrogens (tertiary/aromatic N) is 5. The van der Waals surface area contributed by atoms with Crippen molar-refractivity contribution >= 4 is 29.9 Å². The minimum atomic E-state index is 0. The lowest BCUT2D eigenvalue weighted by Gasteiger charge is -2.24. The maximum Gasteiger partial charge on any atom is 0.191 e. The van der Waals surface area contributed by atoms with E-state index in [9.17, 15) is 0 Å². The molecule has 0 aromatic carbocycles. The van der Waals surface area contributed by atoms with Crippen molar-refractivity contribution in [2.45, 2.75) is 64.2 Å². The molecule has 0 spiro atoms. The molecule has 136 valence electrons. The van der Waals surface area contributed by atoms with Gasteiger partial charge in [-0.25, -0.2) is 0 Å². The Hall–Kier alpha value is -0.900. The highest BCUT2D eigenvalue weighted by Crippen LogP contribution is 2.26. The van der Waals surface area contributed by atoms with Gasteiger partial charge in [-0.15, -0.1) is 34.2 Å². The molecule has 8 heteroatoms. The van der Waals surface area contributed by atoms with Crippen molar-refractivity contribution in [2.75, 3.05) is 20.1 Å². The van der Waals surface area contributed by atoms with Crippen LogP contribution in [0.1, 0.15) is 44.9 Å². The average molecular weight is 447 g/mol. The van der Waals surface area contributed by atoms with Crippen molar-refractivity contribution in [3.63, 3.8) is 0 Å². The van der Waals surface area contributed by atoms with E-state index in [1.54, 1.807) is 6.33 Å². The molecule has 1 aromatic heterocycles. The first-order valence-electron chi connectivity index (χ1n) is 8.88. The van der Waals surface area contributed by atoms with Crippen LogP contribution in [0.2, 0.25) is 0 Å². The van der Waals surface area contributed by atoms with Crippen LogP contribution < -0.4 is 10.6 Å². The van der Waals surface area contributed by atoms with Crippen LogP contribution in [0.15, 0.2) is 11.3 Å². The first-order chi connectivity index (χ1) is 11.3. The van der Waals surface area contributed by atoms with E-state index >= 15 is 0 Å². The van der Waals surface area contributed by atoms with Gasteiger partial charge in [0.25, 0.3) is 0 Å². The molecule has 7 nitrogen and oxygen atoms in total. The average Bonchev–Trinajstić information content (AvgIpc) is 3.31. The van der Waals surface area contributed by atoms with E-state index in [4.69, 9.17) is 0 Å². The molecule has 0 bridgehead atoms. The summed E-state index contributed by atoms with van der Waals surface area (Å²) in [4.78, 5) is 7.01. The fourth-order valence-corrected chi connectivity index (χ4v) is 3.74. The topological polar surface area (TPSA) is 70.4 Å². The summed E-state index contributed by atoms with van der Waals surface area (Å²) in [5.41, 5.74) is 0. The van der Waals surface area contributed by atoms with E-state index in [0.29, 0.717) is 12.6 Å². The van der Waals surface area contributed by atoms with Crippen molar-refractivity contribution < 1.29 is 0 Å². The Morgan fingerprint density at radius 3 is 2.83 bits per heavy atom. The highest BCUT2D eigenvalue weighted by molar-refractivity contribution is 14.0. The van der Waals surface area contributed by atoms with Gasteiger partial charge in [0.2, 0.25) is 0 Å². The molecule has 1 aliphatic heterocycles. The van der Waals surface area contributed by atoms with Gasteiger partial charge in [0.05, 0.1) is 6.54 Å². The van der Waals surface area contributed by atoms with Gasteiger partial charge in [-0.3, -0.25) is 9.89 Å². The van der Waals surface area contributed by atoms with E-state index in [1.165, 1.54) is 38.6 Å². The zero-order valence-electron chi connectivity index (χ0n) is 14.7. The first-order valence-corrected chi connectivity index (χ1v) is 8.88. The first kappa shape index (κ1) is 19.4. The molecule has 1 unspecified atom stereocenters. The summed E-state index contributed by atoms with van der Waals surface area (Å²) in [6.07, 6.45) is 8.53. The van der Waals surface area contributed by atoms with Crippen LogP contribution in [0.25, 0.3) is 0 Å². The van der Waals surface area contributed by atoms with E-state index in [-0.39, 0.29) is 24.0 Å². The van der Waals surface area contributed by atoms with Crippen molar-refractivity contribution in [1.82, 2.24) is 30.3 Å². The van der Waals surface area contributed by atoms with Crippen LogP contribution in [-0.2, 0) is 13.1 Å². The maximum atomic E-state index is 4.35. The summed E-state index contributed by atoms with van der Waals surface area (Å²) in [6.45, 7) is 5.97. The summed E-state index contributed by atoms with van der Waals surface area (Å²) in [6, 6.07) is 1.31. The molecule has 1 aliphatic carbocycles. The fraction of sp³-hybridized carbons (Fsp3) is 0.812.